The van der Waals surface area contributed by atoms with Gasteiger partial charge >= 0.3 is 6.36 Å². The Balaban J connectivity index is 1.55. The molecule has 151 valence electrons. The van der Waals surface area contributed by atoms with Crippen LogP contribution in [0.4, 0.5) is 17.6 Å². The van der Waals surface area contributed by atoms with Crippen molar-refractivity contribution in [2.45, 2.75) is 56.1 Å². The zero-order valence-corrected chi connectivity index (χ0v) is 16.8. The van der Waals surface area contributed by atoms with E-state index in [1.807, 2.05) is 12.1 Å². The predicted molar refractivity (Wildman–Crippen MR) is 106 cm³/mol. The molecule has 0 aliphatic carbocycles. The smallest absolute Gasteiger partial charge is 0.406 e. The van der Waals surface area contributed by atoms with Crippen LogP contribution < -0.4 is 4.74 Å². The van der Waals surface area contributed by atoms with E-state index in [4.69, 9.17) is 0 Å². The van der Waals surface area contributed by atoms with Crippen molar-refractivity contribution in [1.29, 1.82) is 0 Å². The van der Waals surface area contributed by atoms with E-state index in [2.05, 4.69) is 16.9 Å². The third-order valence-electron chi connectivity index (χ3n) is 5.41. The van der Waals surface area contributed by atoms with Crippen molar-refractivity contribution in [3.05, 3.63) is 54.1 Å². The zero-order valence-electron chi connectivity index (χ0n) is 15.8. The largest absolute Gasteiger partial charge is 0.573 e. The highest BCUT2D eigenvalue weighted by Crippen LogP contribution is 2.36. The Kier molecular flexibility index (Phi) is 7.16. The number of rotatable bonds is 7. The van der Waals surface area contributed by atoms with Crippen molar-refractivity contribution in [3.8, 4) is 16.9 Å². The number of hydrogen-bond acceptors (Lipinski definition) is 1. The van der Waals surface area contributed by atoms with Crippen LogP contribution in [0, 0.1) is 0 Å². The first-order valence-corrected chi connectivity index (χ1v) is 11.9. The van der Waals surface area contributed by atoms with Gasteiger partial charge in [0.2, 0.25) is 0 Å². The van der Waals surface area contributed by atoms with Gasteiger partial charge in [0.25, 0.3) is 0 Å². The molecule has 1 aliphatic rings. The van der Waals surface area contributed by atoms with Gasteiger partial charge < -0.3 is 4.74 Å². The maximum Gasteiger partial charge on any atom is 0.573 e. The minimum Gasteiger partial charge on any atom is -0.406 e. The molecule has 0 atom stereocenters. The van der Waals surface area contributed by atoms with Crippen LogP contribution in [0.25, 0.3) is 11.1 Å². The summed E-state index contributed by atoms with van der Waals surface area (Å²) in [4.78, 5) is 0. The molecule has 2 aromatic carbocycles. The van der Waals surface area contributed by atoms with Crippen LogP contribution in [0.2, 0.25) is 18.1 Å². The minimum atomic E-state index is -4.67. The van der Waals surface area contributed by atoms with Gasteiger partial charge in [-0.2, -0.15) is 0 Å². The summed E-state index contributed by atoms with van der Waals surface area (Å²) in [6, 6.07) is 18.2. The molecule has 3 rings (SSSR count). The summed E-state index contributed by atoms with van der Waals surface area (Å²) in [5, 5.41) is 0. The summed E-state index contributed by atoms with van der Waals surface area (Å²) < 4.78 is 52.9. The van der Waals surface area contributed by atoms with Crippen molar-refractivity contribution < 1.29 is 22.3 Å². The molecular formula is C22H25F4OSi. The lowest BCUT2D eigenvalue weighted by Gasteiger charge is -2.28. The summed E-state index contributed by atoms with van der Waals surface area (Å²) >= 11 is 0. The lowest BCUT2D eigenvalue weighted by molar-refractivity contribution is -0.274. The number of hydrogen-bond donors (Lipinski definition) is 0. The summed E-state index contributed by atoms with van der Waals surface area (Å²) in [7, 11) is -0.286. The Bertz CT molecular complexity index is 720. The Labute approximate surface area is 165 Å². The van der Waals surface area contributed by atoms with Gasteiger partial charge in [-0.25, -0.2) is 0 Å². The Morgan fingerprint density at radius 1 is 0.857 bits per heavy atom. The van der Waals surface area contributed by atoms with E-state index in [1.165, 1.54) is 48.7 Å². The van der Waals surface area contributed by atoms with Crippen molar-refractivity contribution in [2.24, 2.45) is 0 Å². The number of ether oxygens (including phenoxy) is 1. The maximum absolute atomic E-state index is 12.3. The maximum atomic E-state index is 12.3. The molecule has 1 heterocycles. The third-order valence-corrected chi connectivity index (χ3v) is 8.46. The van der Waals surface area contributed by atoms with E-state index < -0.39 is 6.36 Å². The Morgan fingerprint density at radius 3 is 1.96 bits per heavy atom. The fraction of sp³-hybridized carbons (Fsp3) is 0.455. The zero-order chi connectivity index (χ0) is 20.0. The number of halogens is 4. The molecule has 0 N–H and O–H groups in total. The normalized spacial score (nSPS) is 16.3. The van der Waals surface area contributed by atoms with Crippen LogP contribution in [-0.4, -0.2) is 21.8 Å². The quantitative estimate of drug-likeness (QED) is 0.263. The van der Waals surface area contributed by atoms with Crippen molar-refractivity contribution in [2.75, 3.05) is 6.67 Å². The highest BCUT2D eigenvalue weighted by Gasteiger charge is 2.31. The molecule has 0 amide bonds. The second kappa shape index (κ2) is 9.59. The van der Waals surface area contributed by atoms with Crippen LogP contribution in [0.15, 0.2) is 48.5 Å². The predicted octanol–water partition coefficient (Wildman–Crippen LogP) is 7.37. The molecule has 1 aliphatic heterocycles. The first-order valence-electron chi connectivity index (χ1n) is 9.80. The Morgan fingerprint density at radius 2 is 1.43 bits per heavy atom. The van der Waals surface area contributed by atoms with Gasteiger partial charge in [0, 0.05) is 8.80 Å². The standard InChI is InChI=1S/C22H25F4OSi/c23-13-1-2-14-28-15-11-20(12-16-28)18-5-3-17(4-6-18)19-7-9-21(10-8-19)27-22(24,25)26/h3-10,20H,1-2,11-16H2. The first kappa shape index (κ1) is 20.9. The lowest BCUT2D eigenvalue weighted by atomic mass is 9.92. The monoisotopic (exact) mass is 409 g/mol. The van der Waals surface area contributed by atoms with Gasteiger partial charge in [-0.05, 0) is 54.0 Å². The van der Waals surface area contributed by atoms with Crippen LogP contribution in [0.3, 0.4) is 0 Å². The lowest BCUT2D eigenvalue weighted by Crippen LogP contribution is -2.20. The highest BCUT2D eigenvalue weighted by atomic mass is 28.3. The van der Waals surface area contributed by atoms with Crippen molar-refractivity contribution in [1.82, 2.24) is 0 Å². The van der Waals surface area contributed by atoms with Crippen LogP contribution in [-0.2, 0) is 0 Å². The van der Waals surface area contributed by atoms with E-state index in [0.29, 0.717) is 12.3 Å². The molecule has 0 bridgehead atoms. The summed E-state index contributed by atoms with van der Waals surface area (Å²) in [6.45, 7) is -0.192. The van der Waals surface area contributed by atoms with Gasteiger partial charge in [0.1, 0.15) is 5.75 Å². The molecular weight excluding hydrogens is 384 g/mol. The van der Waals surface area contributed by atoms with E-state index in [-0.39, 0.29) is 21.2 Å². The minimum absolute atomic E-state index is 0.192. The van der Waals surface area contributed by atoms with E-state index in [1.54, 1.807) is 12.1 Å². The fourth-order valence-corrected chi connectivity index (χ4v) is 6.89. The molecule has 0 saturated carbocycles. The average Bonchev–Trinajstić information content (AvgIpc) is 2.68. The molecule has 1 nitrogen and oxygen atoms in total. The van der Waals surface area contributed by atoms with Gasteiger partial charge in [0.15, 0.2) is 0 Å². The molecule has 0 spiro atoms. The first-order chi connectivity index (χ1) is 13.4. The SMILES string of the molecule is FCCCC[Si]1CCC(c2ccc(-c3ccc(OC(F)(F)F)cc3)cc2)CC1. The van der Waals surface area contributed by atoms with E-state index in [9.17, 15) is 17.6 Å². The molecule has 0 unspecified atom stereocenters. The number of alkyl halides is 4. The molecule has 1 radical (unpaired) electrons. The third kappa shape index (κ3) is 6.09. The highest BCUT2D eigenvalue weighted by molar-refractivity contribution is 6.59. The van der Waals surface area contributed by atoms with Crippen LogP contribution >= 0.6 is 0 Å². The molecule has 1 fully saturated rings. The average molecular weight is 410 g/mol. The van der Waals surface area contributed by atoms with Crippen LogP contribution in [0.1, 0.15) is 37.2 Å². The fourth-order valence-electron chi connectivity index (χ4n) is 3.88. The second-order valence-electron chi connectivity index (χ2n) is 7.36. The summed E-state index contributed by atoms with van der Waals surface area (Å²) in [5.74, 6) is 0.380. The Hall–Kier alpha value is -1.82. The van der Waals surface area contributed by atoms with Gasteiger partial charge in [-0.15, -0.1) is 13.2 Å². The van der Waals surface area contributed by atoms with Gasteiger partial charge in [-0.1, -0.05) is 61.0 Å². The van der Waals surface area contributed by atoms with Gasteiger partial charge in [-0.3, -0.25) is 4.39 Å². The molecule has 6 heteroatoms. The van der Waals surface area contributed by atoms with Gasteiger partial charge in [0.05, 0.1) is 6.67 Å². The molecule has 1 saturated heterocycles. The summed E-state index contributed by atoms with van der Waals surface area (Å²) in [5.41, 5.74) is 3.18. The van der Waals surface area contributed by atoms with E-state index in [0.717, 1.165) is 17.5 Å². The van der Waals surface area contributed by atoms with Crippen molar-refractivity contribution >= 4 is 8.80 Å². The second-order valence-corrected chi connectivity index (χ2v) is 10.4. The van der Waals surface area contributed by atoms with Crippen molar-refractivity contribution in [3.63, 3.8) is 0 Å². The number of unbranched alkanes of at least 4 members (excludes halogenated alkanes) is 1. The number of benzene rings is 2. The molecule has 2 aromatic rings. The van der Waals surface area contributed by atoms with E-state index >= 15 is 0 Å². The summed E-state index contributed by atoms with van der Waals surface area (Å²) in [6.07, 6.45) is -0.490. The molecule has 28 heavy (non-hydrogen) atoms. The topological polar surface area (TPSA) is 9.23 Å². The van der Waals surface area contributed by atoms with Crippen LogP contribution in [0.5, 0.6) is 5.75 Å². The molecule has 0 aromatic heterocycles.